The summed E-state index contributed by atoms with van der Waals surface area (Å²) >= 11 is 0. The molecule has 3 rings (SSSR count). The third-order valence-corrected chi connectivity index (χ3v) is 4.58. The van der Waals surface area contributed by atoms with E-state index in [-0.39, 0.29) is 23.7 Å². The van der Waals surface area contributed by atoms with Crippen molar-refractivity contribution in [1.29, 1.82) is 0 Å². The number of hydrogen-bond donors (Lipinski definition) is 2. The minimum absolute atomic E-state index is 0.0274. The lowest BCUT2D eigenvalue weighted by Gasteiger charge is -2.25. The first-order valence-electron chi connectivity index (χ1n) is 9.04. The topological polar surface area (TPSA) is 74.6 Å². The maximum atomic E-state index is 12.4. The van der Waals surface area contributed by atoms with Crippen molar-refractivity contribution in [3.05, 3.63) is 89.9 Å². The monoisotopic (exact) mass is 377 g/mol. The summed E-state index contributed by atoms with van der Waals surface area (Å²) in [6, 6.07) is 20.3. The molecule has 28 heavy (non-hydrogen) atoms. The van der Waals surface area contributed by atoms with Crippen LogP contribution in [0.4, 0.5) is 10.5 Å². The lowest BCUT2D eigenvalue weighted by atomic mass is 10.1. The second-order valence-electron chi connectivity index (χ2n) is 6.48. The zero-order chi connectivity index (χ0) is 19.9. The number of benzene rings is 2. The molecule has 1 heterocycles. The number of nitrogens with zero attached hydrogens (tertiary/aromatic N) is 1. The van der Waals surface area contributed by atoms with E-state index in [1.165, 1.54) is 6.26 Å². The van der Waals surface area contributed by atoms with Crippen LogP contribution >= 0.6 is 0 Å². The minimum atomic E-state index is -0.303. The van der Waals surface area contributed by atoms with Crippen LogP contribution in [0.15, 0.2) is 77.4 Å². The molecule has 0 saturated heterocycles. The van der Waals surface area contributed by atoms with E-state index in [9.17, 15) is 9.59 Å². The fraction of sp³-hybridized carbons (Fsp3) is 0.182. The van der Waals surface area contributed by atoms with Gasteiger partial charge in [0.15, 0.2) is 5.76 Å². The van der Waals surface area contributed by atoms with Crippen LogP contribution < -0.4 is 10.6 Å². The Hall–Kier alpha value is -3.54. The van der Waals surface area contributed by atoms with Crippen LogP contribution in [-0.2, 0) is 6.54 Å². The summed E-state index contributed by atoms with van der Waals surface area (Å²) in [4.78, 5) is 26.1. The molecule has 0 fully saturated rings. The van der Waals surface area contributed by atoms with E-state index in [0.29, 0.717) is 12.2 Å². The van der Waals surface area contributed by atoms with E-state index < -0.39 is 0 Å². The Morgan fingerprint density at radius 2 is 1.71 bits per heavy atom. The van der Waals surface area contributed by atoms with E-state index in [2.05, 4.69) is 10.6 Å². The van der Waals surface area contributed by atoms with E-state index in [0.717, 1.165) is 11.1 Å². The number of nitrogens with one attached hydrogen (secondary N) is 2. The van der Waals surface area contributed by atoms with Crippen LogP contribution in [0.25, 0.3) is 0 Å². The van der Waals surface area contributed by atoms with Gasteiger partial charge in [0.1, 0.15) is 0 Å². The third-order valence-electron chi connectivity index (χ3n) is 4.58. The van der Waals surface area contributed by atoms with Gasteiger partial charge < -0.3 is 20.0 Å². The molecule has 0 aliphatic carbocycles. The molecule has 2 N–H and O–H groups in total. The number of anilines is 1. The zero-order valence-corrected chi connectivity index (χ0v) is 15.9. The predicted molar refractivity (Wildman–Crippen MR) is 108 cm³/mol. The zero-order valence-electron chi connectivity index (χ0n) is 15.9. The molecule has 3 aromatic rings. The molecule has 0 radical (unpaired) electrons. The molecule has 0 aliphatic heterocycles. The predicted octanol–water partition coefficient (Wildman–Crippen LogP) is 4.43. The smallest absolute Gasteiger partial charge is 0.317 e. The number of rotatable bonds is 6. The van der Waals surface area contributed by atoms with Crippen LogP contribution in [0, 0.1) is 0 Å². The lowest BCUT2D eigenvalue weighted by Crippen LogP contribution is -2.38. The van der Waals surface area contributed by atoms with Crippen molar-refractivity contribution in [2.45, 2.75) is 19.5 Å². The highest BCUT2D eigenvalue weighted by atomic mass is 16.3. The quantitative estimate of drug-likeness (QED) is 0.667. The summed E-state index contributed by atoms with van der Waals surface area (Å²) in [5.74, 6) is -0.0468. The molecule has 1 aromatic heterocycles. The minimum Gasteiger partial charge on any atom is -0.459 e. The van der Waals surface area contributed by atoms with Crippen LogP contribution in [0.5, 0.6) is 0 Å². The molecule has 2 aromatic carbocycles. The van der Waals surface area contributed by atoms with Crippen LogP contribution in [0.2, 0.25) is 0 Å². The second-order valence-corrected chi connectivity index (χ2v) is 6.48. The van der Waals surface area contributed by atoms with Gasteiger partial charge >= 0.3 is 6.03 Å². The van der Waals surface area contributed by atoms with Crippen molar-refractivity contribution in [3.63, 3.8) is 0 Å². The summed E-state index contributed by atoms with van der Waals surface area (Å²) in [6.07, 6.45) is 1.45. The van der Waals surface area contributed by atoms with Crippen LogP contribution in [-0.4, -0.2) is 23.9 Å². The number of furan rings is 1. The van der Waals surface area contributed by atoms with E-state index in [1.54, 1.807) is 36.2 Å². The second kappa shape index (κ2) is 8.90. The lowest BCUT2D eigenvalue weighted by molar-refractivity contribution is 0.0996. The van der Waals surface area contributed by atoms with Crippen molar-refractivity contribution < 1.29 is 14.0 Å². The average Bonchev–Trinajstić information content (AvgIpc) is 3.27. The SMILES string of the molecule is C[C@@H](c1ccccc1)N(C)C(=O)NCc1ccc(NC(=O)c2ccco2)cc1. The molecule has 0 bridgehead atoms. The van der Waals surface area contributed by atoms with Crippen molar-refractivity contribution in [2.75, 3.05) is 12.4 Å². The number of carbonyl (C=O) groups excluding carboxylic acids is 2. The Kier molecular flexibility index (Phi) is 6.11. The van der Waals surface area contributed by atoms with E-state index in [4.69, 9.17) is 4.42 Å². The maximum absolute atomic E-state index is 12.4. The average molecular weight is 377 g/mol. The molecule has 6 nitrogen and oxygen atoms in total. The third kappa shape index (κ3) is 4.79. The van der Waals surface area contributed by atoms with Gasteiger partial charge in [0, 0.05) is 19.3 Å². The summed E-state index contributed by atoms with van der Waals surface area (Å²) < 4.78 is 5.07. The molecule has 0 aliphatic rings. The van der Waals surface area contributed by atoms with Gasteiger partial charge in [-0.1, -0.05) is 42.5 Å². The highest BCUT2D eigenvalue weighted by Crippen LogP contribution is 2.18. The van der Waals surface area contributed by atoms with Crippen molar-refractivity contribution in [1.82, 2.24) is 10.2 Å². The first kappa shape index (κ1) is 19.2. The van der Waals surface area contributed by atoms with Crippen LogP contribution in [0.3, 0.4) is 0 Å². The molecule has 0 spiro atoms. The molecular weight excluding hydrogens is 354 g/mol. The van der Waals surface area contributed by atoms with Gasteiger partial charge in [0.25, 0.3) is 5.91 Å². The van der Waals surface area contributed by atoms with Crippen molar-refractivity contribution in [3.8, 4) is 0 Å². The molecule has 3 amide bonds. The maximum Gasteiger partial charge on any atom is 0.317 e. The summed E-state index contributed by atoms with van der Waals surface area (Å²) in [5, 5.41) is 5.68. The fourth-order valence-electron chi connectivity index (χ4n) is 2.74. The van der Waals surface area contributed by atoms with Gasteiger partial charge in [-0.3, -0.25) is 4.79 Å². The molecule has 0 unspecified atom stereocenters. The Balaban J connectivity index is 1.51. The Labute approximate surface area is 164 Å². The molecule has 6 heteroatoms. The Morgan fingerprint density at radius 1 is 1.00 bits per heavy atom. The highest BCUT2D eigenvalue weighted by Gasteiger charge is 2.16. The van der Waals surface area contributed by atoms with E-state index >= 15 is 0 Å². The van der Waals surface area contributed by atoms with Crippen molar-refractivity contribution in [2.24, 2.45) is 0 Å². The summed E-state index contributed by atoms with van der Waals surface area (Å²) in [5.41, 5.74) is 2.67. The first-order valence-corrected chi connectivity index (χ1v) is 9.04. The van der Waals surface area contributed by atoms with E-state index in [1.807, 2.05) is 49.4 Å². The molecule has 1 atom stereocenters. The van der Waals surface area contributed by atoms with Crippen molar-refractivity contribution >= 4 is 17.6 Å². The largest absolute Gasteiger partial charge is 0.459 e. The van der Waals surface area contributed by atoms with Crippen LogP contribution in [0.1, 0.15) is 34.6 Å². The normalized spacial score (nSPS) is 11.5. The number of urea groups is 1. The molecule has 144 valence electrons. The Bertz CT molecular complexity index is 906. The number of amides is 3. The first-order chi connectivity index (χ1) is 13.5. The van der Waals surface area contributed by atoms with Gasteiger partial charge in [-0.25, -0.2) is 4.79 Å². The van der Waals surface area contributed by atoms with Gasteiger partial charge in [-0.15, -0.1) is 0 Å². The summed E-state index contributed by atoms with van der Waals surface area (Å²) in [6.45, 7) is 2.39. The number of hydrogen-bond acceptors (Lipinski definition) is 3. The number of carbonyl (C=O) groups is 2. The van der Waals surface area contributed by atoms with Gasteiger partial charge in [0.2, 0.25) is 0 Å². The Morgan fingerprint density at radius 3 is 2.36 bits per heavy atom. The highest BCUT2D eigenvalue weighted by molar-refractivity contribution is 6.02. The molecule has 0 saturated carbocycles. The standard InChI is InChI=1S/C22H23N3O3/c1-16(18-7-4-3-5-8-18)25(2)22(27)23-15-17-10-12-19(13-11-17)24-21(26)20-9-6-14-28-20/h3-14,16H,15H2,1-2H3,(H,23,27)(H,24,26)/t16-/m0/s1. The van der Waals surface area contributed by atoms with Gasteiger partial charge in [0.05, 0.1) is 12.3 Å². The molecular formula is C22H23N3O3. The van der Waals surface area contributed by atoms with Gasteiger partial charge in [-0.05, 0) is 42.3 Å². The fourth-order valence-corrected chi connectivity index (χ4v) is 2.74. The van der Waals surface area contributed by atoms with Gasteiger partial charge in [-0.2, -0.15) is 0 Å². The summed E-state index contributed by atoms with van der Waals surface area (Å²) in [7, 11) is 1.78.